The molecule has 0 atom stereocenters. The minimum Gasteiger partial charge on any atom is -0.496 e. The summed E-state index contributed by atoms with van der Waals surface area (Å²) in [5.74, 6) is 1.54. The SMILES string of the molecule is COc1ccc(Nc2ccccc2CC(C)C)cc1Cc1cccc2ccccc12. The number of rotatable bonds is 7. The van der Waals surface area contributed by atoms with Gasteiger partial charge in [0.05, 0.1) is 7.11 Å². The Morgan fingerprint density at radius 2 is 1.50 bits per heavy atom. The van der Waals surface area contributed by atoms with E-state index in [-0.39, 0.29) is 0 Å². The van der Waals surface area contributed by atoms with Crippen LogP contribution >= 0.6 is 0 Å². The Labute approximate surface area is 179 Å². The van der Waals surface area contributed by atoms with Crippen LogP contribution in [0.1, 0.15) is 30.5 Å². The van der Waals surface area contributed by atoms with Gasteiger partial charge in [0.15, 0.2) is 0 Å². The molecule has 0 radical (unpaired) electrons. The first-order valence-electron chi connectivity index (χ1n) is 10.6. The molecule has 0 aliphatic rings. The predicted octanol–water partition coefficient (Wildman–Crippen LogP) is 7.38. The first kappa shape index (κ1) is 20.0. The van der Waals surface area contributed by atoms with Gasteiger partial charge in [0.1, 0.15) is 5.75 Å². The van der Waals surface area contributed by atoms with Gasteiger partial charge in [0.2, 0.25) is 0 Å². The lowest BCUT2D eigenvalue weighted by atomic mass is 9.97. The van der Waals surface area contributed by atoms with E-state index in [1.807, 2.05) is 0 Å². The normalized spacial score (nSPS) is 11.1. The van der Waals surface area contributed by atoms with Gasteiger partial charge in [-0.1, -0.05) is 74.5 Å². The quantitative estimate of drug-likeness (QED) is 0.352. The van der Waals surface area contributed by atoms with Gasteiger partial charge in [0.25, 0.3) is 0 Å². The molecule has 0 saturated heterocycles. The highest BCUT2D eigenvalue weighted by atomic mass is 16.5. The van der Waals surface area contributed by atoms with Crippen LogP contribution in [0, 0.1) is 5.92 Å². The van der Waals surface area contributed by atoms with Gasteiger partial charge in [-0.15, -0.1) is 0 Å². The number of para-hydroxylation sites is 1. The monoisotopic (exact) mass is 395 g/mol. The summed E-state index contributed by atoms with van der Waals surface area (Å²) in [5.41, 5.74) is 6.09. The van der Waals surface area contributed by atoms with Crippen LogP contribution in [0.5, 0.6) is 5.75 Å². The second-order valence-corrected chi connectivity index (χ2v) is 8.22. The third-order valence-corrected chi connectivity index (χ3v) is 5.47. The molecule has 30 heavy (non-hydrogen) atoms. The number of fused-ring (bicyclic) bond motifs is 1. The number of anilines is 2. The van der Waals surface area contributed by atoms with Crippen LogP contribution in [0.4, 0.5) is 11.4 Å². The Morgan fingerprint density at radius 3 is 2.33 bits per heavy atom. The van der Waals surface area contributed by atoms with Crippen LogP contribution in [0.3, 0.4) is 0 Å². The third kappa shape index (κ3) is 4.49. The molecule has 0 aromatic heterocycles. The zero-order valence-corrected chi connectivity index (χ0v) is 18.0. The van der Waals surface area contributed by atoms with Crippen molar-refractivity contribution in [2.45, 2.75) is 26.7 Å². The van der Waals surface area contributed by atoms with Crippen molar-refractivity contribution in [2.24, 2.45) is 5.92 Å². The molecule has 4 aromatic rings. The molecule has 2 nitrogen and oxygen atoms in total. The van der Waals surface area contributed by atoms with E-state index in [2.05, 4.69) is 104 Å². The van der Waals surface area contributed by atoms with E-state index in [1.54, 1.807) is 7.11 Å². The molecular weight excluding hydrogens is 366 g/mol. The second-order valence-electron chi connectivity index (χ2n) is 8.22. The zero-order valence-electron chi connectivity index (χ0n) is 18.0. The molecule has 0 unspecified atom stereocenters. The summed E-state index contributed by atoms with van der Waals surface area (Å²) in [6, 6.07) is 30.0. The molecule has 152 valence electrons. The number of methoxy groups -OCH3 is 1. The highest BCUT2D eigenvalue weighted by Gasteiger charge is 2.10. The van der Waals surface area contributed by atoms with Crippen molar-refractivity contribution in [2.75, 3.05) is 12.4 Å². The highest BCUT2D eigenvalue weighted by molar-refractivity contribution is 5.86. The molecule has 0 amide bonds. The Bertz CT molecular complexity index is 1140. The Kier molecular flexibility index (Phi) is 6.04. The minimum absolute atomic E-state index is 0.616. The average Bonchev–Trinajstić information content (AvgIpc) is 2.75. The molecule has 0 aliphatic carbocycles. The maximum atomic E-state index is 5.68. The molecule has 1 N–H and O–H groups in total. The van der Waals surface area contributed by atoms with Crippen LogP contribution in [0.25, 0.3) is 10.8 Å². The van der Waals surface area contributed by atoms with Crippen molar-refractivity contribution in [3.8, 4) is 5.75 Å². The standard InChI is InChI=1S/C28H29NO/c1-20(2)17-23-10-5-7-14-27(23)29-25-15-16-28(30-3)24(19-25)18-22-12-8-11-21-9-4-6-13-26(21)22/h4-16,19-20,29H,17-18H2,1-3H3. The van der Waals surface area contributed by atoms with E-state index in [0.29, 0.717) is 5.92 Å². The molecule has 0 fully saturated rings. The summed E-state index contributed by atoms with van der Waals surface area (Å²) < 4.78 is 5.68. The van der Waals surface area contributed by atoms with Crippen molar-refractivity contribution in [1.82, 2.24) is 0 Å². The lowest BCUT2D eigenvalue weighted by molar-refractivity contribution is 0.410. The smallest absolute Gasteiger partial charge is 0.122 e. The summed E-state index contributed by atoms with van der Waals surface area (Å²) >= 11 is 0. The first-order valence-corrected chi connectivity index (χ1v) is 10.6. The lowest BCUT2D eigenvalue weighted by Gasteiger charge is -2.16. The molecule has 4 rings (SSSR count). The van der Waals surface area contributed by atoms with Gasteiger partial charge in [0, 0.05) is 23.4 Å². The summed E-state index contributed by atoms with van der Waals surface area (Å²) in [4.78, 5) is 0. The fraction of sp³-hybridized carbons (Fsp3) is 0.214. The second kappa shape index (κ2) is 9.04. The van der Waals surface area contributed by atoms with Crippen LogP contribution in [0.15, 0.2) is 84.9 Å². The number of hydrogen-bond donors (Lipinski definition) is 1. The van der Waals surface area contributed by atoms with Crippen LogP contribution in [-0.4, -0.2) is 7.11 Å². The summed E-state index contributed by atoms with van der Waals surface area (Å²) in [6.45, 7) is 4.51. The van der Waals surface area contributed by atoms with Gasteiger partial charge in [-0.05, 0) is 58.5 Å². The van der Waals surface area contributed by atoms with Crippen molar-refractivity contribution >= 4 is 22.1 Å². The Morgan fingerprint density at radius 1 is 0.767 bits per heavy atom. The minimum atomic E-state index is 0.616. The molecule has 0 bridgehead atoms. The molecule has 4 aromatic carbocycles. The summed E-state index contributed by atoms with van der Waals surface area (Å²) in [5, 5.41) is 6.20. The van der Waals surface area contributed by atoms with Crippen molar-refractivity contribution in [3.05, 3.63) is 102 Å². The largest absolute Gasteiger partial charge is 0.496 e. The lowest BCUT2D eigenvalue weighted by Crippen LogP contribution is -2.01. The maximum absolute atomic E-state index is 5.68. The topological polar surface area (TPSA) is 21.3 Å². The third-order valence-electron chi connectivity index (χ3n) is 5.47. The van der Waals surface area contributed by atoms with E-state index in [0.717, 1.165) is 24.3 Å². The van der Waals surface area contributed by atoms with E-state index >= 15 is 0 Å². The molecular formula is C28H29NO. The summed E-state index contributed by atoms with van der Waals surface area (Å²) in [6.07, 6.45) is 1.88. The summed E-state index contributed by atoms with van der Waals surface area (Å²) in [7, 11) is 1.74. The van der Waals surface area contributed by atoms with Gasteiger partial charge < -0.3 is 10.1 Å². The van der Waals surface area contributed by atoms with Crippen molar-refractivity contribution in [1.29, 1.82) is 0 Å². The number of benzene rings is 4. The van der Waals surface area contributed by atoms with E-state index < -0.39 is 0 Å². The fourth-order valence-corrected chi connectivity index (χ4v) is 4.06. The average molecular weight is 396 g/mol. The van der Waals surface area contributed by atoms with Crippen LogP contribution < -0.4 is 10.1 Å². The van der Waals surface area contributed by atoms with E-state index in [1.165, 1.54) is 33.2 Å². The van der Waals surface area contributed by atoms with Gasteiger partial charge >= 0.3 is 0 Å². The first-order chi connectivity index (χ1) is 14.6. The number of hydrogen-bond acceptors (Lipinski definition) is 2. The molecule has 0 saturated carbocycles. The fourth-order valence-electron chi connectivity index (χ4n) is 4.06. The van der Waals surface area contributed by atoms with E-state index in [4.69, 9.17) is 4.74 Å². The van der Waals surface area contributed by atoms with Crippen LogP contribution in [-0.2, 0) is 12.8 Å². The molecule has 0 spiro atoms. The highest BCUT2D eigenvalue weighted by Crippen LogP contribution is 2.30. The molecule has 2 heteroatoms. The van der Waals surface area contributed by atoms with Gasteiger partial charge in [-0.3, -0.25) is 0 Å². The van der Waals surface area contributed by atoms with E-state index in [9.17, 15) is 0 Å². The predicted molar refractivity (Wildman–Crippen MR) is 128 cm³/mol. The van der Waals surface area contributed by atoms with Gasteiger partial charge in [-0.2, -0.15) is 0 Å². The number of ether oxygens (including phenoxy) is 1. The molecule has 0 heterocycles. The Hall–Kier alpha value is -3.26. The van der Waals surface area contributed by atoms with Crippen LogP contribution in [0.2, 0.25) is 0 Å². The zero-order chi connectivity index (χ0) is 20.9. The number of nitrogens with one attached hydrogen (secondary N) is 1. The Balaban J connectivity index is 1.66. The van der Waals surface area contributed by atoms with Gasteiger partial charge in [-0.25, -0.2) is 0 Å². The maximum Gasteiger partial charge on any atom is 0.122 e. The van der Waals surface area contributed by atoms with Crippen molar-refractivity contribution in [3.63, 3.8) is 0 Å². The molecule has 0 aliphatic heterocycles. The van der Waals surface area contributed by atoms with Crippen molar-refractivity contribution < 1.29 is 4.74 Å².